The minimum absolute atomic E-state index is 0.880. The van der Waals surface area contributed by atoms with E-state index in [0.717, 1.165) is 21.8 Å². The van der Waals surface area contributed by atoms with Crippen LogP contribution in [-0.4, -0.2) is 12.1 Å². The van der Waals surface area contributed by atoms with Gasteiger partial charge in [0.1, 0.15) is 5.75 Å². The molecule has 0 radical (unpaired) electrons. The smallest absolute Gasteiger partial charge is 0.121 e. The SMILES string of the molecule is COc1cc(-c2ccccc2)c2nc(C)sc2c1. The molecule has 0 N–H and O–H groups in total. The summed E-state index contributed by atoms with van der Waals surface area (Å²) >= 11 is 1.70. The lowest BCUT2D eigenvalue weighted by molar-refractivity contribution is 0.415. The van der Waals surface area contributed by atoms with E-state index in [1.54, 1.807) is 18.4 Å². The minimum atomic E-state index is 0.880. The Morgan fingerprint density at radius 1 is 1.11 bits per heavy atom. The Hall–Kier alpha value is -1.87. The van der Waals surface area contributed by atoms with E-state index in [1.165, 1.54) is 10.3 Å². The molecule has 3 heteroatoms. The van der Waals surface area contributed by atoms with Crippen molar-refractivity contribution in [3.8, 4) is 16.9 Å². The zero-order valence-corrected chi connectivity index (χ0v) is 11.1. The summed E-state index contributed by atoms with van der Waals surface area (Å²) in [6.07, 6.45) is 0. The lowest BCUT2D eigenvalue weighted by Crippen LogP contribution is -1.86. The largest absolute Gasteiger partial charge is 0.497 e. The zero-order chi connectivity index (χ0) is 12.5. The Labute approximate surface area is 110 Å². The van der Waals surface area contributed by atoms with Crippen molar-refractivity contribution in [3.05, 3.63) is 47.5 Å². The molecule has 0 fully saturated rings. The summed E-state index contributed by atoms with van der Waals surface area (Å²) in [5.74, 6) is 0.880. The van der Waals surface area contributed by atoms with Crippen LogP contribution in [0.4, 0.5) is 0 Å². The average Bonchev–Trinajstić information content (AvgIpc) is 2.78. The monoisotopic (exact) mass is 255 g/mol. The van der Waals surface area contributed by atoms with Gasteiger partial charge in [-0.2, -0.15) is 0 Å². The fourth-order valence-corrected chi connectivity index (χ4v) is 2.95. The van der Waals surface area contributed by atoms with E-state index in [4.69, 9.17) is 4.74 Å². The third-order valence-electron chi connectivity index (χ3n) is 2.90. The topological polar surface area (TPSA) is 22.1 Å². The van der Waals surface area contributed by atoms with Gasteiger partial charge in [-0.3, -0.25) is 0 Å². The predicted molar refractivity (Wildman–Crippen MR) is 76.3 cm³/mol. The van der Waals surface area contributed by atoms with Crippen LogP contribution in [0.5, 0.6) is 5.75 Å². The van der Waals surface area contributed by atoms with E-state index in [1.807, 2.05) is 31.2 Å². The number of rotatable bonds is 2. The van der Waals surface area contributed by atoms with E-state index in [2.05, 4.69) is 23.2 Å². The van der Waals surface area contributed by atoms with Crippen molar-refractivity contribution in [2.24, 2.45) is 0 Å². The van der Waals surface area contributed by atoms with E-state index >= 15 is 0 Å². The molecule has 1 heterocycles. The molecule has 0 saturated heterocycles. The van der Waals surface area contributed by atoms with Gasteiger partial charge in [0, 0.05) is 5.56 Å². The van der Waals surface area contributed by atoms with Crippen molar-refractivity contribution in [2.45, 2.75) is 6.92 Å². The fraction of sp³-hybridized carbons (Fsp3) is 0.133. The predicted octanol–water partition coefficient (Wildman–Crippen LogP) is 4.28. The average molecular weight is 255 g/mol. The van der Waals surface area contributed by atoms with Gasteiger partial charge in [-0.15, -0.1) is 11.3 Å². The zero-order valence-electron chi connectivity index (χ0n) is 10.3. The number of hydrogen-bond donors (Lipinski definition) is 0. The highest BCUT2D eigenvalue weighted by atomic mass is 32.1. The van der Waals surface area contributed by atoms with Gasteiger partial charge in [0.25, 0.3) is 0 Å². The van der Waals surface area contributed by atoms with Gasteiger partial charge in [-0.05, 0) is 24.6 Å². The second-order valence-corrected chi connectivity index (χ2v) is 5.36. The first kappa shape index (κ1) is 11.2. The molecule has 0 aliphatic rings. The van der Waals surface area contributed by atoms with Crippen molar-refractivity contribution in [3.63, 3.8) is 0 Å². The van der Waals surface area contributed by atoms with Crippen LogP contribution in [0.25, 0.3) is 21.3 Å². The molecule has 1 aromatic heterocycles. The van der Waals surface area contributed by atoms with Gasteiger partial charge in [0.2, 0.25) is 0 Å². The number of methoxy groups -OCH3 is 1. The molecule has 2 nitrogen and oxygen atoms in total. The van der Waals surface area contributed by atoms with Crippen LogP contribution < -0.4 is 4.74 Å². The Morgan fingerprint density at radius 2 is 1.89 bits per heavy atom. The van der Waals surface area contributed by atoms with Crippen molar-refractivity contribution in [1.82, 2.24) is 4.98 Å². The highest BCUT2D eigenvalue weighted by molar-refractivity contribution is 7.18. The lowest BCUT2D eigenvalue weighted by atomic mass is 10.0. The Bertz CT molecular complexity index is 688. The van der Waals surface area contributed by atoms with Crippen molar-refractivity contribution in [2.75, 3.05) is 7.11 Å². The standard InChI is InChI=1S/C15H13NOS/c1-10-16-15-13(11-6-4-3-5-7-11)8-12(17-2)9-14(15)18-10/h3-9H,1-2H3. The molecule has 0 amide bonds. The third-order valence-corrected chi connectivity index (χ3v) is 3.81. The third kappa shape index (κ3) is 1.87. The van der Waals surface area contributed by atoms with Crippen molar-refractivity contribution in [1.29, 1.82) is 0 Å². The summed E-state index contributed by atoms with van der Waals surface area (Å²) in [7, 11) is 1.70. The molecule has 90 valence electrons. The van der Waals surface area contributed by atoms with E-state index in [9.17, 15) is 0 Å². The number of ether oxygens (including phenoxy) is 1. The molecule has 0 aliphatic carbocycles. The highest BCUT2D eigenvalue weighted by Crippen LogP contribution is 2.35. The molecule has 18 heavy (non-hydrogen) atoms. The highest BCUT2D eigenvalue weighted by Gasteiger charge is 2.10. The molecule has 2 aromatic carbocycles. The summed E-state index contributed by atoms with van der Waals surface area (Å²) in [5, 5.41) is 1.08. The molecular weight excluding hydrogens is 242 g/mol. The number of aryl methyl sites for hydroxylation is 1. The maximum atomic E-state index is 5.37. The van der Waals surface area contributed by atoms with Gasteiger partial charge in [0.15, 0.2) is 0 Å². The lowest BCUT2D eigenvalue weighted by Gasteiger charge is -2.06. The molecule has 0 unspecified atom stereocenters. The van der Waals surface area contributed by atoms with Crippen molar-refractivity contribution >= 4 is 21.6 Å². The van der Waals surface area contributed by atoms with Crippen LogP contribution in [0, 0.1) is 6.92 Å². The van der Waals surface area contributed by atoms with E-state index in [-0.39, 0.29) is 0 Å². The normalized spacial score (nSPS) is 10.8. The first-order valence-corrected chi connectivity index (χ1v) is 6.60. The summed E-state index contributed by atoms with van der Waals surface area (Å²) < 4.78 is 6.54. The number of nitrogens with zero attached hydrogens (tertiary/aromatic N) is 1. The molecule has 0 saturated carbocycles. The first-order chi connectivity index (χ1) is 8.78. The van der Waals surface area contributed by atoms with Crippen molar-refractivity contribution < 1.29 is 4.74 Å². The number of hydrogen-bond acceptors (Lipinski definition) is 3. The molecule has 0 aliphatic heterocycles. The van der Waals surface area contributed by atoms with Gasteiger partial charge < -0.3 is 4.74 Å². The Balaban J connectivity index is 2.32. The fourth-order valence-electron chi connectivity index (χ4n) is 2.07. The first-order valence-electron chi connectivity index (χ1n) is 5.78. The quantitative estimate of drug-likeness (QED) is 0.682. The second-order valence-electron chi connectivity index (χ2n) is 4.12. The summed E-state index contributed by atoms with van der Waals surface area (Å²) in [6.45, 7) is 2.03. The molecule has 0 atom stereocenters. The minimum Gasteiger partial charge on any atom is -0.497 e. The molecule has 0 spiro atoms. The Morgan fingerprint density at radius 3 is 2.61 bits per heavy atom. The molecular formula is C15H13NOS. The van der Waals surface area contributed by atoms with E-state index < -0.39 is 0 Å². The van der Waals surface area contributed by atoms with Crippen LogP contribution in [0.15, 0.2) is 42.5 Å². The van der Waals surface area contributed by atoms with Gasteiger partial charge in [0.05, 0.1) is 22.3 Å². The molecule has 0 bridgehead atoms. The van der Waals surface area contributed by atoms with Crippen LogP contribution >= 0.6 is 11.3 Å². The van der Waals surface area contributed by atoms with Crippen LogP contribution in [0.3, 0.4) is 0 Å². The number of benzene rings is 2. The van der Waals surface area contributed by atoms with Gasteiger partial charge in [-0.1, -0.05) is 30.3 Å². The summed E-state index contributed by atoms with van der Waals surface area (Å²) in [5.41, 5.74) is 3.37. The van der Waals surface area contributed by atoms with Gasteiger partial charge >= 0.3 is 0 Å². The molecule has 3 rings (SSSR count). The maximum absolute atomic E-state index is 5.37. The number of aromatic nitrogens is 1. The summed E-state index contributed by atoms with van der Waals surface area (Å²) in [6, 6.07) is 14.4. The summed E-state index contributed by atoms with van der Waals surface area (Å²) in [4.78, 5) is 4.63. The van der Waals surface area contributed by atoms with Gasteiger partial charge in [-0.25, -0.2) is 4.98 Å². The second kappa shape index (κ2) is 4.42. The van der Waals surface area contributed by atoms with Crippen LogP contribution in [0.1, 0.15) is 5.01 Å². The Kier molecular flexibility index (Phi) is 2.76. The molecule has 3 aromatic rings. The maximum Gasteiger partial charge on any atom is 0.121 e. The van der Waals surface area contributed by atoms with E-state index in [0.29, 0.717) is 0 Å². The van der Waals surface area contributed by atoms with Crippen LogP contribution in [-0.2, 0) is 0 Å². The number of fused-ring (bicyclic) bond motifs is 1. The van der Waals surface area contributed by atoms with Crippen LogP contribution in [0.2, 0.25) is 0 Å². The number of thiazole rings is 1.